The molecule has 1 aromatic heterocycles. The van der Waals surface area contributed by atoms with Gasteiger partial charge in [0, 0.05) is 11.6 Å². The summed E-state index contributed by atoms with van der Waals surface area (Å²) in [6, 6.07) is 11.7. The smallest absolute Gasteiger partial charge is 0.153 e. The van der Waals surface area contributed by atoms with Crippen LogP contribution in [0, 0.1) is 6.92 Å². The molecule has 0 radical (unpaired) electrons. The van der Waals surface area contributed by atoms with E-state index < -0.39 is 0 Å². The second-order valence-electron chi connectivity index (χ2n) is 3.52. The highest BCUT2D eigenvalue weighted by Gasteiger charge is 1.96. The van der Waals surface area contributed by atoms with E-state index in [0.717, 1.165) is 22.8 Å². The van der Waals surface area contributed by atoms with Crippen LogP contribution in [0.1, 0.15) is 11.3 Å². The van der Waals surface area contributed by atoms with E-state index >= 15 is 0 Å². The van der Waals surface area contributed by atoms with Crippen LogP contribution in [0.4, 0.5) is 11.5 Å². The van der Waals surface area contributed by atoms with E-state index in [4.69, 9.17) is 11.6 Å². The number of rotatable bonds is 3. The van der Waals surface area contributed by atoms with Crippen molar-refractivity contribution >= 4 is 23.1 Å². The molecule has 0 aliphatic carbocycles. The summed E-state index contributed by atoms with van der Waals surface area (Å²) in [5.74, 6) is 1.27. The van der Waals surface area contributed by atoms with Crippen molar-refractivity contribution in [1.82, 2.24) is 10.2 Å². The van der Waals surface area contributed by atoms with Crippen molar-refractivity contribution in [1.29, 1.82) is 0 Å². The van der Waals surface area contributed by atoms with E-state index in [2.05, 4.69) is 15.5 Å². The fraction of sp³-hybridized carbons (Fsp3) is 0.167. The van der Waals surface area contributed by atoms with Crippen molar-refractivity contribution in [2.75, 3.05) is 5.32 Å². The fourth-order valence-electron chi connectivity index (χ4n) is 1.29. The molecule has 0 aliphatic heterocycles. The SMILES string of the molecule is Cc1ccc(Nc2ccc(CCl)cc2)nn1. The Morgan fingerprint density at radius 2 is 1.81 bits per heavy atom. The molecular weight excluding hydrogens is 222 g/mol. The molecule has 2 aromatic rings. The van der Waals surface area contributed by atoms with Crippen molar-refractivity contribution < 1.29 is 0 Å². The lowest BCUT2D eigenvalue weighted by Crippen LogP contribution is -1.96. The summed E-state index contributed by atoms with van der Waals surface area (Å²) >= 11 is 5.71. The predicted octanol–water partition coefficient (Wildman–Crippen LogP) is 3.27. The lowest BCUT2D eigenvalue weighted by atomic mass is 10.2. The molecule has 0 amide bonds. The van der Waals surface area contributed by atoms with Crippen molar-refractivity contribution in [2.45, 2.75) is 12.8 Å². The minimum atomic E-state index is 0.532. The highest BCUT2D eigenvalue weighted by atomic mass is 35.5. The zero-order valence-electron chi connectivity index (χ0n) is 8.94. The predicted molar refractivity (Wildman–Crippen MR) is 66.1 cm³/mol. The molecule has 2 rings (SSSR count). The minimum absolute atomic E-state index is 0.532. The second-order valence-corrected chi connectivity index (χ2v) is 3.78. The van der Waals surface area contributed by atoms with Crippen LogP contribution in [0.5, 0.6) is 0 Å². The summed E-state index contributed by atoms with van der Waals surface area (Å²) < 4.78 is 0. The molecule has 0 spiro atoms. The highest BCUT2D eigenvalue weighted by Crippen LogP contribution is 2.15. The maximum absolute atomic E-state index is 5.71. The van der Waals surface area contributed by atoms with Crippen LogP contribution in [0.15, 0.2) is 36.4 Å². The highest BCUT2D eigenvalue weighted by molar-refractivity contribution is 6.17. The lowest BCUT2D eigenvalue weighted by molar-refractivity contribution is 0.986. The Morgan fingerprint density at radius 3 is 2.38 bits per heavy atom. The zero-order valence-corrected chi connectivity index (χ0v) is 9.70. The molecule has 1 N–H and O–H groups in total. The summed E-state index contributed by atoms with van der Waals surface area (Å²) in [5.41, 5.74) is 2.98. The van der Waals surface area contributed by atoms with Gasteiger partial charge in [-0.25, -0.2) is 0 Å². The molecule has 0 bridgehead atoms. The van der Waals surface area contributed by atoms with E-state index in [1.165, 1.54) is 0 Å². The number of halogens is 1. The van der Waals surface area contributed by atoms with E-state index in [9.17, 15) is 0 Å². The average molecular weight is 234 g/mol. The van der Waals surface area contributed by atoms with Gasteiger partial charge in [0.05, 0.1) is 5.69 Å². The van der Waals surface area contributed by atoms with Gasteiger partial charge in [-0.15, -0.1) is 16.7 Å². The lowest BCUT2D eigenvalue weighted by Gasteiger charge is -2.05. The van der Waals surface area contributed by atoms with Gasteiger partial charge >= 0.3 is 0 Å². The molecule has 0 unspecified atom stereocenters. The molecule has 4 heteroatoms. The van der Waals surface area contributed by atoms with Crippen LogP contribution < -0.4 is 5.32 Å². The van der Waals surface area contributed by atoms with Crippen LogP contribution in [0.25, 0.3) is 0 Å². The summed E-state index contributed by atoms with van der Waals surface area (Å²) in [6.07, 6.45) is 0. The number of aromatic nitrogens is 2. The topological polar surface area (TPSA) is 37.8 Å². The first-order valence-electron chi connectivity index (χ1n) is 5.00. The van der Waals surface area contributed by atoms with E-state index in [-0.39, 0.29) is 0 Å². The third-order valence-corrected chi connectivity index (χ3v) is 2.49. The molecule has 0 saturated heterocycles. The number of nitrogens with zero attached hydrogens (tertiary/aromatic N) is 2. The number of anilines is 2. The number of hydrogen-bond donors (Lipinski definition) is 1. The van der Waals surface area contributed by atoms with Gasteiger partial charge < -0.3 is 5.32 Å². The van der Waals surface area contributed by atoms with Crippen molar-refractivity contribution in [3.63, 3.8) is 0 Å². The normalized spacial score (nSPS) is 10.1. The van der Waals surface area contributed by atoms with Gasteiger partial charge in [-0.1, -0.05) is 12.1 Å². The van der Waals surface area contributed by atoms with Gasteiger partial charge in [-0.05, 0) is 36.8 Å². The van der Waals surface area contributed by atoms with E-state index in [1.54, 1.807) is 0 Å². The quantitative estimate of drug-likeness (QED) is 0.827. The van der Waals surface area contributed by atoms with E-state index in [1.807, 2.05) is 43.3 Å². The molecule has 0 saturated carbocycles. The Balaban J connectivity index is 2.11. The largest absolute Gasteiger partial charge is 0.339 e. The molecule has 1 aromatic carbocycles. The monoisotopic (exact) mass is 233 g/mol. The van der Waals surface area contributed by atoms with Gasteiger partial charge in [0.25, 0.3) is 0 Å². The van der Waals surface area contributed by atoms with Crippen LogP contribution in [-0.2, 0) is 5.88 Å². The van der Waals surface area contributed by atoms with E-state index in [0.29, 0.717) is 5.88 Å². The Labute approximate surface area is 99.5 Å². The third kappa shape index (κ3) is 2.70. The third-order valence-electron chi connectivity index (χ3n) is 2.18. The number of aryl methyl sites for hydroxylation is 1. The van der Waals surface area contributed by atoms with Crippen LogP contribution in [0.2, 0.25) is 0 Å². The maximum atomic E-state index is 5.71. The summed E-state index contributed by atoms with van der Waals surface area (Å²) in [7, 11) is 0. The standard InChI is InChI=1S/C12H12ClN3/c1-9-2-7-12(16-15-9)14-11-5-3-10(8-13)4-6-11/h2-7H,8H2,1H3,(H,14,16). The van der Waals surface area contributed by atoms with Crippen molar-refractivity contribution in [3.8, 4) is 0 Å². The van der Waals surface area contributed by atoms with Gasteiger partial charge in [0.15, 0.2) is 5.82 Å². The minimum Gasteiger partial charge on any atom is -0.339 e. The van der Waals surface area contributed by atoms with Crippen LogP contribution in [0.3, 0.4) is 0 Å². The second kappa shape index (κ2) is 4.94. The molecule has 1 heterocycles. The number of hydrogen-bond acceptors (Lipinski definition) is 3. The first-order chi connectivity index (χ1) is 7.78. The van der Waals surface area contributed by atoms with Crippen LogP contribution in [-0.4, -0.2) is 10.2 Å². The van der Waals surface area contributed by atoms with Gasteiger partial charge in [-0.2, -0.15) is 5.10 Å². The Morgan fingerprint density at radius 1 is 1.06 bits per heavy atom. The van der Waals surface area contributed by atoms with Crippen molar-refractivity contribution in [3.05, 3.63) is 47.7 Å². The molecule has 3 nitrogen and oxygen atoms in total. The van der Waals surface area contributed by atoms with Crippen molar-refractivity contribution in [2.24, 2.45) is 0 Å². The average Bonchev–Trinajstić information content (AvgIpc) is 2.33. The number of benzene rings is 1. The Hall–Kier alpha value is -1.61. The molecule has 0 atom stereocenters. The molecule has 82 valence electrons. The molecular formula is C12H12ClN3. The first-order valence-corrected chi connectivity index (χ1v) is 5.53. The zero-order chi connectivity index (χ0) is 11.4. The molecule has 16 heavy (non-hydrogen) atoms. The van der Waals surface area contributed by atoms with Gasteiger partial charge in [0.1, 0.15) is 0 Å². The first kappa shape index (κ1) is 10.9. The Bertz CT molecular complexity index is 451. The summed E-state index contributed by atoms with van der Waals surface area (Å²) in [6.45, 7) is 1.91. The molecule has 0 fully saturated rings. The maximum Gasteiger partial charge on any atom is 0.153 e. The summed E-state index contributed by atoms with van der Waals surface area (Å²) in [5, 5.41) is 11.2. The number of alkyl halides is 1. The summed E-state index contributed by atoms with van der Waals surface area (Å²) in [4.78, 5) is 0. The van der Waals surface area contributed by atoms with Crippen LogP contribution >= 0.6 is 11.6 Å². The van der Waals surface area contributed by atoms with Gasteiger partial charge in [0.2, 0.25) is 0 Å². The fourth-order valence-corrected chi connectivity index (χ4v) is 1.47. The Kier molecular flexibility index (Phi) is 3.37. The molecule has 0 aliphatic rings. The van der Waals surface area contributed by atoms with Gasteiger partial charge in [-0.3, -0.25) is 0 Å². The number of nitrogens with one attached hydrogen (secondary N) is 1.